The van der Waals surface area contributed by atoms with Gasteiger partial charge in [0.25, 0.3) is 5.56 Å². The standard InChI is InChI=1S/C19H25ClN2O3/c1-3-17(21)19(24-2)7-4-13(5-8-19)25-16-10-12-6-9-22-18(23)14(12)11-15(16)20/h6,9-11,13,17H,3-5,7-8,21H2,1-2H3,(H,22,23)/t13?,17-,19?/m1/s1. The van der Waals surface area contributed by atoms with E-state index < -0.39 is 0 Å². The number of ether oxygens (including phenoxy) is 2. The van der Waals surface area contributed by atoms with Crippen LogP contribution in [-0.4, -0.2) is 29.8 Å². The van der Waals surface area contributed by atoms with Gasteiger partial charge in [-0.1, -0.05) is 18.5 Å². The summed E-state index contributed by atoms with van der Waals surface area (Å²) in [5, 5.41) is 1.84. The van der Waals surface area contributed by atoms with Crippen molar-refractivity contribution in [3.8, 4) is 5.75 Å². The summed E-state index contributed by atoms with van der Waals surface area (Å²) in [6.07, 6.45) is 6.06. The van der Waals surface area contributed by atoms with Gasteiger partial charge in [0.2, 0.25) is 0 Å². The number of pyridine rings is 1. The van der Waals surface area contributed by atoms with Crippen LogP contribution in [0.2, 0.25) is 5.02 Å². The van der Waals surface area contributed by atoms with Crippen LogP contribution in [0.5, 0.6) is 5.75 Å². The van der Waals surface area contributed by atoms with Crippen LogP contribution in [-0.2, 0) is 4.74 Å². The van der Waals surface area contributed by atoms with E-state index in [2.05, 4.69) is 11.9 Å². The molecular formula is C19H25ClN2O3. The number of methoxy groups -OCH3 is 1. The first-order valence-corrected chi connectivity index (χ1v) is 9.15. The van der Waals surface area contributed by atoms with Gasteiger partial charge >= 0.3 is 0 Å². The van der Waals surface area contributed by atoms with E-state index in [0.717, 1.165) is 37.5 Å². The number of halogens is 1. The number of hydrogen-bond acceptors (Lipinski definition) is 4. The van der Waals surface area contributed by atoms with Crippen LogP contribution in [0.4, 0.5) is 0 Å². The second kappa shape index (κ2) is 7.36. The van der Waals surface area contributed by atoms with E-state index >= 15 is 0 Å². The van der Waals surface area contributed by atoms with Gasteiger partial charge in [0.1, 0.15) is 5.75 Å². The SMILES string of the molecule is CC[C@@H](N)C1(OC)CCC(Oc2cc3cc[nH]c(=O)c3cc2Cl)CC1. The average Bonchev–Trinajstić information content (AvgIpc) is 2.63. The highest BCUT2D eigenvalue weighted by atomic mass is 35.5. The minimum absolute atomic E-state index is 0.0365. The number of nitrogens with two attached hydrogens (primary N) is 1. The van der Waals surface area contributed by atoms with Crippen molar-refractivity contribution in [3.63, 3.8) is 0 Å². The van der Waals surface area contributed by atoms with Crippen LogP contribution in [0, 0.1) is 0 Å². The van der Waals surface area contributed by atoms with Gasteiger partial charge in [-0.05, 0) is 55.7 Å². The van der Waals surface area contributed by atoms with Crippen LogP contribution in [0.3, 0.4) is 0 Å². The molecule has 3 N–H and O–H groups in total. The first kappa shape index (κ1) is 18.2. The Morgan fingerprint density at radius 2 is 2.12 bits per heavy atom. The number of rotatable bonds is 5. The van der Waals surface area contributed by atoms with Gasteiger partial charge in [0, 0.05) is 24.7 Å². The van der Waals surface area contributed by atoms with Crippen LogP contribution in [0.25, 0.3) is 10.8 Å². The Kier molecular flexibility index (Phi) is 5.37. The third-order valence-electron chi connectivity index (χ3n) is 5.42. The van der Waals surface area contributed by atoms with Gasteiger partial charge in [-0.15, -0.1) is 0 Å². The number of benzene rings is 1. The van der Waals surface area contributed by atoms with Crippen LogP contribution in [0.15, 0.2) is 29.2 Å². The number of H-pyrrole nitrogens is 1. The zero-order valence-corrected chi connectivity index (χ0v) is 15.4. The molecule has 1 heterocycles. The molecule has 0 unspecified atom stereocenters. The minimum Gasteiger partial charge on any atom is -0.489 e. The van der Waals surface area contributed by atoms with Gasteiger partial charge in [-0.2, -0.15) is 0 Å². The van der Waals surface area contributed by atoms with Crippen molar-refractivity contribution in [3.05, 3.63) is 39.8 Å². The highest BCUT2D eigenvalue weighted by Gasteiger charge is 2.40. The fraction of sp³-hybridized carbons (Fsp3) is 0.526. The number of hydrogen-bond donors (Lipinski definition) is 2. The molecule has 6 heteroatoms. The van der Waals surface area contributed by atoms with E-state index in [9.17, 15) is 4.79 Å². The van der Waals surface area contributed by atoms with Crippen LogP contribution < -0.4 is 16.0 Å². The average molecular weight is 365 g/mol. The predicted molar refractivity (Wildman–Crippen MR) is 100 cm³/mol. The molecule has 1 fully saturated rings. The van der Waals surface area contributed by atoms with Crippen molar-refractivity contribution >= 4 is 22.4 Å². The van der Waals surface area contributed by atoms with E-state index in [-0.39, 0.29) is 23.3 Å². The molecule has 1 saturated carbocycles. The fourth-order valence-electron chi connectivity index (χ4n) is 3.75. The molecular weight excluding hydrogens is 340 g/mol. The molecule has 0 amide bonds. The molecule has 25 heavy (non-hydrogen) atoms. The third-order valence-corrected chi connectivity index (χ3v) is 5.72. The van der Waals surface area contributed by atoms with Gasteiger partial charge < -0.3 is 20.2 Å². The zero-order valence-electron chi connectivity index (χ0n) is 14.7. The number of fused-ring (bicyclic) bond motifs is 1. The second-order valence-electron chi connectivity index (χ2n) is 6.78. The van der Waals surface area contributed by atoms with E-state index in [1.54, 1.807) is 19.4 Å². The molecule has 0 bridgehead atoms. The summed E-state index contributed by atoms with van der Waals surface area (Å²) in [4.78, 5) is 14.5. The maximum Gasteiger partial charge on any atom is 0.255 e. The molecule has 136 valence electrons. The van der Waals surface area contributed by atoms with Gasteiger partial charge in [-0.3, -0.25) is 4.79 Å². The Labute approximate surface area is 152 Å². The summed E-state index contributed by atoms with van der Waals surface area (Å²) in [5.74, 6) is 0.620. The van der Waals surface area contributed by atoms with Crippen molar-refractivity contribution in [2.75, 3.05) is 7.11 Å². The van der Waals surface area contributed by atoms with E-state index in [4.69, 9.17) is 26.8 Å². The number of nitrogens with one attached hydrogen (secondary N) is 1. The summed E-state index contributed by atoms with van der Waals surface area (Å²) in [6, 6.07) is 5.38. The maximum atomic E-state index is 11.8. The molecule has 0 spiro atoms. The first-order chi connectivity index (χ1) is 12.0. The van der Waals surface area contributed by atoms with Crippen LogP contribution in [0.1, 0.15) is 39.0 Å². The van der Waals surface area contributed by atoms with E-state index in [0.29, 0.717) is 16.2 Å². The molecule has 5 nitrogen and oxygen atoms in total. The molecule has 1 atom stereocenters. The molecule has 1 aromatic heterocycles. The summed E-state index contributed by atoms with van der Waals surface area (Å²) >= 11 is 6.33. The smallest absolute Gasteiger partial charge is 0.255 e. The molecule has 1 aliphatic rings. The highest BCUT2D eigenvalue weighted by Crippen LogP contribution is 2.37. The number of aromatic amines is 1. The van der Waals surface area contributed by atoms with Crippen LogP contribution >= 0.6 is 11.6 Å². The first-order valence-electron chi connectivity index (χ1n) is 8.77. The number of aromatic nitrogens is 1. The van der Waals surface area contributed by atoms with Gasteiger partial charge in [0.05, 0.1) is 16.7 Å². The highest BCUT2D eigenvalue weighted by molar-refractivity contribution is 6.32. The predicted octanol–water partition coefficient (Wildman–Crippen LogP) is 3.63. The third kappa shape index (κ3) is 3.54. The summed E-state index contributed by atoms with van der Waals surface area (Å²) in [5.41, 5.74) is 5.87. The van der Waals surface area contributed by atoms with Gasteiger partial charge in [0.15, 0.2) is 0 Å². The molecule has 0 saturated heterocycles. The lowest BCUT2D eigenvalue weighted by Gasteiger charge is -2.42. The molecule has 2 aromatic rings. The Morgan fingerprint density at radius 1 is 1.40 bits per heavy atom. The Hall–Kier alpha value is -1.56. The maximum absolute atomic E-state index is 11.8. The largest absolute Gasteiger partial charge is 0.489 e. The summed E-state index contributed by atoms with van der Waals surface area (Å²) in [6.45, 7) is 2.09. The minimum atomic E-state index is -0.255. The van der Waals surface area contributed by atoms with Crippen molar-refractivity contribution in [2.24, 2.45) is 5.73 Å². The molecule has 1 aromatic carbocycles. The normalized spacial score (nSPS) is 25.0. The topological polar surface area (TPSA) is 77.3 Å². The summed E-state index contributed by atoms with van der Waals surface area (Å²) in [7, 11) is 1.74. The lowest BCUT2D eigenvalue weighted by Crippen LogP contribution is -2.52. The van der Waals surface area contributed by atoms with Crippen molar-refractivity contribution in [2.45, 2.75) is 56.8 Å². The van der Waals surface area contributed by atoms with Crippen molar-refractivity contribution in [1.82, 2.24) is 4.98 Å². The van der Waals surface area contributed by atoms with Crippen molar-refractivity contribution < 1.29 is 9.47 Å². The van der Waals surface area contributed by atoms with E-state index in [1.165, 1.54) is 0 Å². The quantitative estimate of drug-likeness (QED) is 0.849. The molecule has 1 aliphatic carbocycles. The lowest BCUT2D eigenvalue weighted by molar-refractivity contribution is -0.0768. The molecule has 3 rings (SSSR count). The lowest BCUT2D eigenvalue weighted by atomic mass is 9.77. The zero-order chi connectivity index (χ0) is 18.0. The van der Waals surface area contributed by atoms with Gasteiger partial charge in [-0.25, -0.2) is 0 Å². The second-order valence-corrected chi connectivity index (χ2v) is 7.18. The Bertz CT molecular complexity index is 797. The molecule has 0 radical (unpaired) electrons. The Balaban J connectivity index is 1.75. The summed E-state index contributed by atoms with van der Waals surface area (Å²) < 4.78 is 11.9. The molecule has 0 aliphatic heterocycles. The Morgan fingerprint density at radius 3 is 2.76 bits per heavy atom. The monoisotopic (exact) mass is 364 g/mol. The van der Waals surface area contributed by atoms with E-state index in [1.807, 2.05) is 12.1 Å². The van der Waals surface area contributed by atoms with Crippen molar-refractivity contribution in [1.29, 1.82) is 0 Å². The fourth-order valence-corrected chi connectivity index (χ4v) is 3.96.